The molecule has 1 amide bonds. The molecule has 2 aromatic carbocycles. The molecule has 1 atom stereocenters. The number of hydrogen-bond donors (Lipinski definition) is 2. The van der Waals surface area contributed by atoms with Crippen molar-refractivity contribution in [2.45, 2.75) is 32.7 Å². The Hall–Kier alpha value is -2.24. The van der Waals surface area contributed by atoms with Crippen LogP contribution in [-0.2, 0) is 13.0 Å². The molecule has 0 aliphatic carbocycles. The summed E-state index contributed by atoms with van der Waals surface area (Å²) in [6.45, 7) is 5.26. The molecule has 5 nitrogen and oxygen atoms in total. The fraction of sp³-hybridized carbons (Fsp3) is 0.435. The van der Waals surface area contributed by atoms with Crippen LogP contribution in [0.15, 0.2) is 42.5 Å². The number of hydrogen-bond acceptors (Lipinski definition) is 4. The zero-order chi connectivity index (χ0) is 19.8. The Morgan fingerprint density at radius 1 is 1.21 bits per heavy atom. The van der Waals surface area contributed by atoms with E-state index in [4.69, 9.17) is 9.47 Å². The maximum Gasteiger partial charge on any atom is 0.251 e. The Morgan fingerprint density at radius 3 is 2.66 bits per heavy atom. The van der Waals surface area contributed by atoms with Crippen molar-refractivity contribution in [3.63, 3.8) is 0 Å². The van der Waals surface area contributed by atoms with Gasteiger partial charge in [0.25, 0.3) is 5.91 Å². The lowest BCUT2D eigenvalue weighted by molar-refractivity contribution is 0.0950. The van der Waals surface area contributed by atoms with Crippen molar-refractivity contribution in [3.05, 3.63) is 59.2 Å². The molecule has 0 saturated carbocycles. The zero-order valence-electron chi connectivity index (χ0n) is 17.2. The van der Waals surface area contributed by atoms with Gasteiger partial charge in [-0.05, 0) is 62.0 Å². The average Bonchev–Trinajstić information content (AvgIpc) is 3.24. The van der Waals surface area contributed by atoms with Crippen LogP contribution in [-0.4, -0.2) is 32.7 Å². The second-order valence-corrected chi connectivity index (χ2v) is 7.24. The molecule has 3 rings (SSSR count). The molecule has 0 spiro atoms. The Bertz CT molecular complexity index is 774. The lowest BCUT2D eigenvalue weighted by atomic mass is 9.98. The second kappa shape index (κ2) is 11.7. The number of amides is 1. The van der Waals surface area contributed by atoms with Gasteiger partial charge in [0, 0.05) is 17.7 Å². The Labute approximate surface area is 179 Å². The Balaban J connectivity index is 0.00000300. The number of carbonyl (C=O) groups excluding carboxylic acids is 1. The maximum atomic E-state index is 12.6. The molecule has 2 N–H and O–H groups in total. The monoisotopic (exact) mass is 418 g/mol. The molecular weight excluding hydrogens is 388 g/mol. The quantitative estimate of drug-likeness (QED) is 0.646. The number of carbonyl (C=O) groups is 1. The van der Waals surface area contributed by atoms with E-state index in [2.05, 4.69) is 29.7 Å². The highest BCUT2D eigenvalue weighted by Gasteiger charge is 2.15. The molecule has 1 saturated heterocycles. The van der Waals surface area contributed by atoms with Gasteiger partial charge in [0.05, 0.1) is 13.7 Å². The predicted molar refractivity (Wildman–Crippen MR) is 118 cm³/mol. The number of methoxy groups -OCH3 is 1. The van der Waals surface area contributed by atoms with Crippen molar-refractivity contribution >= 4 is 18.3 Å². The van der Waals surface area contributed by atoms with Gasteiger partial charge in [0.2, 0.25) is 0 Å². The second-order valence-electron chi connectivity index (χ2n) is 7.24. The third-order valence-corrected chi connectivity index (χ3v) is 5.07. The average molecular weight is 419 g/mol. The van der Waals surface area contributed by atoms with E-state index >= 15 is 0 Å². The summed E-state index contributed by atoms with van der Waals surface area (Å²) in [5, 5.41) is 6.39. The number of nitrogens with one attached hydrogen (secondary N) is 2. The van der Waals surface area contributed by atoms with Gasteiger partial charge < -0.3 is 20.1 Å². The predicted octanol–water partition coefficient (Wildman–Crippen LogP) is 3.99. The normalized spacial score (nSPS) is 15.4. The van der Waals surface area contributed by atoms with Gasteiger partial charge in [-0.2, -0.15) is 0 Å². The van der Waals surface area contributed by atoms with Crippen molar-refractivity contribution in [3.8, 4) is 11.5 Å². The van der Waals surface area contributed by atoms with Gasteiger partial charge in [0.1, 0.15) is 0 Å². The highest BCUT2D eigenvalue weighted by Crippen LogP contribution is 2.31. The van der Waals surface area contributed by atoms with Gasteiger partial charge >= 0.3 is 0 Å². The number of ether oxygens (including phenoxy) is 2. The van der Waals surface area contributed by atoms with E-state index in [-0.39, 0.29) is 18.3 Å². The summed E-state index contributed by atoms with van der Waals surface area (Å²) in [4.78, 5) is 12.6. The molecule has 158 valence electrons. The van der Waals surface area contributed by atoms with E-state index < -0.39 is 0 Å². The molecule has 2 aromatic rings. The van der Waals surface area contributed by atoms with Crippen molar-refractivity contribution in [1.29, 1.82) is 0 Å². The number of para-hydroxylation sites is 1. The van der Waals surface area contributed by atoms with Crippen LogP contribution in [0, 0.1) is 5.92 Å². The summed E-state index contributed by atoms with van der Waals surface area (Å²) >= 11 is 0. The third-order valence-electron chi connectivity index (χ3n) is 5.07. The van der Waals surface area contributed by atoms with E-state index in [1.807, 2.05) is 30.3 Å². The first-order chi connectivity index (χ1) is 13.7. The molecule has 0 aromatic heterocycles. The van der Waals surface area contributed by atoms with E-state index in [9.17, 15) is 4.79 Å². The van der Waals surface area contributed by atoms with Crippen LogP contribution in [0.5, 0.6) is 11.5 Å². The zero-order valence-corrected chi connectivity index (χ0v) is 18.0. The molecule has 29 heavy (non-hydrogen) atoms. The molecule has 0 radical (unpaired) electrons. The highest BCUT2D eigenvalue weighted by atomic mass is 35.5. The van der Waals surface area contributed by atoms with Crippen LogP contribution in [0.4, 0.5) is 0 Å². The van der Waals surface area contributed by atoms with Crippen LogP contribution in [0.2, 0.25) is 0 Å². The summed E-state index contributed by atoms with van der Waals surface area (Å²) in [6, 6.07) is 13.7. The molecular formula is C23H31ClN2O3. The van der Waals surface area contributed by atoms with E-state index in [0.29, 0.717) is 36.1 Å². The van der Waals surface area contributed by atoms with Gasteiger partial charge in [-0.1, -0.05) is 31.2 Å². The van der Waals surface area contributed by atoms with Crippen molar-refractivity contribution in [1.82, 2.24) is 10.6 Å². The fourth-order valence-corrected chi connectivity index (χ4v) is 3.52. The van der Waals surface area contributed by atoms with Crippen LogP contribution in [0.1, 0.15) is 41.3 Å². The highest BCUT2D eigenvalue weighted by molar-refractivity contribution is 5.94. The van der Waals surface area contributed by atoms with Gasteiger partial charge in [-0.15, -0.1) is 12.4 Å². The lowest BCUT2D eigenvalue weighted by Crippen LogP contribution is -2.23. The number of halogens is 1. The summed E-state index contributed by atoms with van der Waals surface area (Å²) < 4.78 is 11.2. The minimum atomic E-state index is -0.0849. The van der Waals surface area contributed by atoms with Crippen molar-refractivity contribution in [2.75, 3.05) is 26.8 Å². The molecule has 1 aliphatic rings. The summed E-state index contributed by atoms with van der Waals surface area (Å²) in [5.41, 5.74) is 2.87. The fourth-order valence-electron chi connectivity index (χ4n) is 3.52. The third kappa shape index (κ3) is 6.38. The molecule has 1 aliphatic heterocycles. The Kier molecular flexibility index (Phi) is 9.29. The first-order valence-corrected chi connectivity index (χ1v) is 10.1. The standard InChI is InChI=1S/C23H30N2O3.ClH/c1-3-13-28-22-20(5-4-6-21(22)27-2)16-25-23(26)19-9-7-17(8-10-19)14-18-11-12-24-15-18;/h4-10,18,24H,3,11-16H2,1-2H3,(H,25,26);1H. The molecule has 6 heteroatoms. The van der Waals surface area contributed by atoms with Gasteiger partial charge in [0.15, 0.2) is 11.5 Å². The smallest absolute Gasteiger partial charge is 0.251 e. The van der Waals surface area contributed by atoms with Crippen molar-refractivity contribution < 1.29 is 14.3 Å². The maximum absolute atomic E-state index is 12.6. The van der Waals surface area contributed by atoms with Crippen LogP contribution in [0.3, 0.4) is 0 Å². The summed E-state index contributed by atoms with van der Waals surface area (Å²) in [7, 11) is 1.62. The van der Waals surface area contributed by atoms with E-state index in [1.165, 1.54) is 12.0 Å². The molecule has 1 heterocycles. The minimum Gasteiger partial charge on any atom is -0.493 e. The molecule has 1 fully saturated rings. The number of benzene rings is 2. The van der Waals surface area contributed by atoms with Crippen LogP contribution in [0.25, 0.3) is 0 Å². The largest absolute Gasteiger partial charge is 0.493 e. The first-order valence-electron chi connectivity index (χ1n) is 10.1. The molecule has 0 bridgehead atoms. The van der Waals surface area contributed by atoms with E-state index in [1.54, 1.807) is 7.11 Å². The first kappa shape index (κ1) is 23.0. The van der Waals surface area contributed by atoms with Crippen LogP contribution < -0.4 is 20.1 Å². The Morgan fingerprint density at radius 2 is 2.00 bits per heavy atom. The minimum absolute atomic E-state index is 0. The van der Waals surface area contributed by atoms with Crippen molar-refractivity contribution in [2.24, 2.45) is 5.92 Å². The molecule has 1 unspecified atom stereocenters. The van der Waals surface area contributed by atoms with Crippen LogP contribution >= 0.6 is 12.4 Å². The SMILES string of the molecule is CCCOc1c(CNC(=O)c2ccc(CC3CCNC3)cc2)cccc1OC.Cl. The lowest BCUT2D eigenvalue weighted by Gasteiger charge is -2.15. The topological polar surface area (TPSA) is 59.6 Å². The summed E-state index contributed by atoms with van der Waals surface area (Å²) in [5.74, 6) is 2.01. The van der Waals surface area contributed by atoms with E-state index in [0.717, 1.165) is 31.5 Å². The summed E-state index contributed by atoms with van der Waals surface area (Å²) in [6.07, 6.45) is 3.20. The van der Waals surface area contributed by atoms with Gasteiger partial charge in [-0.25, -0.2) is 0 Å². The number of rotatable bonds is 9. The van der Waals surface area contributed by atoms with Gasteiger partial charge in [-0.3, -0.25) is 4.79 Å².